The number of hydrogen-bond donors (Lipinski definition) is 2. The van der Waals surface area contributed by atoms with E-state index in [-0.39, 0.29) is 18.1 Å². The minimum absolute atomic E-state index is 0.0150. The summed E-state index contributed by atoms with van der Waals surface area (Å²) in [6.07, 6.45) is 0.408. The topological polar surface area (TPSA) is 42.8 Å². The quantitative estimate of drug-likeness (QED) is 0.883. The summed E-state index contributed by atoms with van der Waals surface area (Å²) in [5, 5.41) is 3.57. The normalized spacial score (nSPS) is 26.3. The summed E-state index contributed by atoms with van der Waals surface area (Å²) in [5.74, 6) is 0.0150. The van der Waals surface area contributed by atoms with E-state index in [4.69, 9.17) is 16.3 Å². The van der Waals surface area contributed by atoms with Gasteiger partial charge in [-0.25, -0.2) is 0 Å². The molecule has 1 fully saturated rings. The fourth-order valence-electron chi connectivity index (χ4n) is 2.64. The molecule has 0 saturated carbocycles. The van der Waals surface area contributed by atoms with Crippen molar-refractivity contribution in [2.45, 2.75) is 33.0 Å². The molecular formula is C15H22ClN2O2+. The highest BCUT2D eigenvalue weighted by molar-refractivity contribution is 6.31. The first-order valence-corrected chi connectivity index (χ1v) is 7.37. The van der Waals surface area contributed by atoms with Crippen molar-refractivity contribution in [2.75, 3.05) is 25.0 Å². The lowest BCUT2D eigenvalue weighted by molar-refractivity contribution is -0.907. The van der Waals surface area contributed by atoms with Gasteiger partial charge in [-0.3, -0.25) is 4.79 Å². The SMILES string of the molecule is Cc1ccc(NC(=O)C[NH+]2C[C@@H](C)O[C@@H](C)C2)cc1Cl. The van der Waals surface area contributed by atoms with Gasteiger partial charge in [-0.2, -0.15) is 0 Å². The number of amides is 1. The molecule has 0 aromatic heterocycles. The Morgan fingerprint density at radius 3 is 2.65 bits per heavy atom. The van der Waals surface area contributed by atoms with Gasteiger partial charge in [-0.1, -0.05) is 17.7 Å². The molecule has 5 heteroatoms. The minimum atomic E-state index is 0.0150. The van der Waals surface area contributed by atoms with Gasteiger partial charge in [0.1, 0.15) is 25.3 Å². The highest BCUT2D eigenvalue weighted by atomic mass is 35.5. The lowest BCUT2D eigenvalue weighted by Crippen LogP contribution is -3.16. The van der Waals surface area contributed by atoms with Crippen LogP contribution in [0.2, 0.25) is 5.02 Å². The maximum absolute atomic E-state index is 12.1. The molecule has 1 saturated heterocycles. The Bertz CT molecular complexity index is 483. The molecule has 1 aliphatic heterocycles. The predicted octanol–water partition coefficient (Wildman–Crippen LogP) is 1.28. The summed E-state index contributed by atoms with van der Waals surface area (Å²) in [4.78, 5) is 13.3. The van der Waals surface area contributed by atoms with Crippen LogP contribution in [-0.4, -0.2) is 37.7 Å². The second kappa shape index (κ2) is 6.57. The van der Waals surface area contributed by atoms with E-state index in [1.165, 1.54) is 4.90 Å². The molecule has 0 radical (unpaired) electrons. The molecule has 1 aliphatic rings. The Hall–Kier alpha value is -1.10. The fourth-order valence-corrected chi connectivity index (χ4v) is 2.82. The molecule has 2 N–H and O–H groups in total. The van der Waals surface area contributed by atoms with Crippen LogP contribution in [0.1, 0.15) is 19.4 Å². The number of carbonyl (C=O) groups is 1. The third-order valence-corrected chi connectivity index (χ3v) is 3.89. The number of quaternary nitrogens is 1. The van der Waals surface area contributed by atoms with E-state index >= 15 is 0 Å². The highest BCUT2D eigenvalue weighted by Crippen LogP contribution is 2.19. The van der Waals surface area contributed by atoms with Gasteiger partial charge in [0, 0.05) is 10.7 Å². The Morgan fingerprint density at radius 1 is 1.40 bits per heavy atom. The first kappa shape index (κ1) is 15.3. The molecular weight excluding hydrogens is 276 g/mol. The van der Waals surface area contributed by atoms with Crippen LogP contribution in [0.3, 0.4) is 0 Å². The van der Waals surface area contributed by atoms with Crippen molar-refractivity contribution < 1.29 is 14.4 Å². The zero-order chi connectivity index (χ0) is 14.7. The molecule has 0 aliphatic carbocycles. The summed E-state index contributed by atoms with van der Waals surface area (Å²) in [5.41, 5.74) is 1.76. The van der Waals surface area contributed by atoms with Crippen LogP contribution in [-0.2, 0) is 9.53 Å². The van der Waals surface area contributed by atoms with E-state index in [2.05, 4.69) is 5.32 Å². The number of anilines is 1. The monoisotopic (exact) mass is 297 g/mol. The van der Waals surface area contributed by atoms with Gasteiger partial charge in [0.2, 0.25) is 0 Å². The lowest BCUT2D eigenvalue weighted by Gasteiger charge is -2.31. The Kier molecular flexibility index (Phi) is 5.02. The van der Waals surface area contributed by atoms with Gasteiger partial charge in [-0.05, 0) is 38.5 Å². The van der Waals surface area contributed by atoms with Gasteiger partial charge in [0.25, 0.3) is 5.91 Å². The first-order chi connectivity index (χ1) is 9.44. The molecule has 110 valence electrons. The largest absolute Gasteiger partial charge is 0.364 e. The number of benzene rings is 1. The summed E-state index contributed by atoms with van der Waals surface area (Å²) in [6.45, 7) is 8.23. The van der Waals surface area contributed by atoms with Crippen LogP contribution >= 0.6 is 11.6 Å². The van der Waals surface area contributed by atoms with Gasteiger partial charge >= 0.3 is 0 Å². The third-order valence-electron chi connectivity index (χ3n) is 3.48. The van der Waals surface area contributed by atoms with E-state index in [1.807, 2.05) is 32.9 Å². The molecule has 0 spiro atoms. The number of carbonyl (C=O) groups excluding carboxylic acids is 1. The number of rotatable bonds is 3. The number of nitrogens with one attached hydrogen (secondary N) is 2. The maximum atomic E-state index is 12.1. The molecule has 1 heterocycles. The Labute approximate surface area is 125 Å². The van der Waals surface area contributed by atoms with Gasteiger partial charge < -0.3 is 15.0 Å². The third kappa shape index (κ3) is 4.20. The molecule has 0 bridgehead atoms. The summed E-state index contributed by atoms with van der Waals surface area (Å²) in [7, 11) is 0. The fraction of sp³-hybridized carbons (Fsp3) is 0.533. The zero-order valence-electron chi connectivity index (χ0n) is 12.2. The molecule has 2 rings (SSSR count). The van der Waals surface area contributed by atoms with Crippen molar-refractivity contribution in [1.82, 2.24) is 0 Å². The second-order valence-corrected chi connectivity index (χ2v) is 6.01. The molecule has 4 nitrogen and oxygen atoms in total. The van der Waals surface area contributed by atoms with E-state index in [0.717, 1.165) is 24.3 Å². The van der Waals surface area contributed by atoms with E-state index in [9.17, 15) is 4.79 Å². The average molecular weight is 298 g/mol. The number of halogens is 1. The lowest BCUT2D eigenvalue weighted by atomic mass is 10.2. The number of aryl methyl sites for hydroxylation is 1. The number of ether oxygens (including phenoxy) is 1. The predicted molar refractivity (Wildman–Crippen MR) is 80.4 cm³/mol. The van der Waals surface area contributed by atoms with Crippen LogP contribution in [0, 0.1) is 6.92 Å². The van der Waals surface area contributed by atoms with Crippen LogP contribution in [0.25, 0.3) is 0 Å². The van der Waals surface area contributed by atoms with E-state index in [0.29, 0.717) is 11.6 Å². The smallest absolute Gasteiger partial charge is 0.279 e. The maximum Gasteiger partial charge on any atom is 0.279 e. The van der Waals surface area contributed by atoms with Crippen molar-refractivity contribution in [3.63, 3.8) is 0 Å². The molecule has 1 aromatic carbocycles. The number of morpholine rings is 1. The molecule has 1 unspecified atom stereocenters. The van der Waals surface area contributed by atoms with Gasteiger partial charge in [0.15, 0.2) is 6.54 Å². The molecule has 1 amide bonds. The van der Waals surface area contributed by atoms with E-state index in [1.54, 1.807) is 6.07 Å². The van der Waals surface area contributed by atoms with Crippen molar-refractivity contribution in [3.8, 4) is 0 Å². The van der Waals surface area contributed by atoms with Gasteiger partial charge in [-0.15, -0.1) is 0 Å². The van der Waals surface area contributed by atoms with Gasteiger partial charge in [0.05, 0.1) is 0 Å². The Morgan fingerprint density at radius 2 is 2.05 bits per heavy atom. The van der Waals surface area contributed by atoms with Crippen LogP contribution < -0.4 is 10.2 Å². The number of hydrogen-bond acceptors (Lipinski definition) is 2. The van der Waals surface area contributed by atoms with Crippen molar-refractivity contribution in [2.24, 2.45) is 0 Å². The van der Waals surface area contributed by atoms with Crippen LogP contribution in [0.15, 0.2) is 18.2 Å². The van der Waals surface area contributed by atoms with Crippen molar-refractivity contribution >= 4 is 23.2 Å². The Balaban J connectivity index is 1.90. The van der Waals surface area contributed by atoms with E-state index < -0.39 is 0 Å². The standard InChI is InChI=1S/C15H21ClN2O2/c1-10-4-5-13(6-14(10)16)17-15(19)9-18-7-11(2)20-12(3)8-18/h4-6,11-12H,7-9H2,1-3H3,(H,17,19)/p+1/t11-,12+. The van der Waals surface area contributed by atoms with Crippen LogP contribution in [0.5, 0.6) is 0 Å². The average Bonchev–Trinajstić information content (AvgIpc) is 2.32. The van der Waals surface area contributed by atoms with Crippen molar-refractivity contribution in [3.05, 3.63) is 28.8 Å². The zero-order valence-corrected chi connectivity index (χ0v) is 13.0. The van der Waals surface area contributed by atoms with Crippen LogP contribution in [0.4, 0.5) is 5.69 Å². The summed E-state index contributed by atoms with van der Waals surface area (Å²) in [6, 6.07) is 5.57. The first-order valence-electron chi connectivity index (χ1n) is 6.99. The summed E-state index contributed by atoms with van der Waals surface area (Å²) >= 11 is 6.05. The molecule has 20 heavy (non-hydrogen) atoms. The molecule has 1 aromatic rings. The highest BCUT2D eigenvalue weighted by Gasteiger charge is 2.27. The minimum Gasteiger partial charge on any atom is -0.364 e. The summed E-state index contributed by atoms with van der Waals surface area (Å²) < 4.78 is 5.68. The molecule has 3 atom stereocenters. The second-order valence-electron chi connectivity index (χ2n) is 5.60. The van der Waals surface area contributed by atoms with Crippen molar-refractivity contribution in [1.29, 1.82) is 0 Å².